The third-order valence-corrected chi connectivity index (χ3v) is 13.7. The molecule has 1 N–H and O–H groups in total. The summed E-state index contributed by atoms with van der Waals surface area (Å²) in [6.45, 7) is 11.1. The fourth-order valence-corrected chi connectivity index (χ4v) is 9.14. The van der Waals surface area contributed by atoms with Crippen molar-refractivity contribution in [1.82, 2.24) is 0 Å². The second kappa shape index (κ2) is 21.6. The quantitative estimate of drug-likeness (QED) is 0.0729. The van der Waals surface area contributed by atoms with E-state index in [1.54, 1.807) is 0 Å². The lowest BCUT2D eigenvalue weighted by Crippen LogP contribution is -3.12. The minimum absolute atomic E-state index is 0.228. The molecule has 0 aliphatic carbocycles. The lowest BCUT2D eigenvalue weighted by molar-refractivity contribution is -0.900. The first kappa shape index (κ1) is 57.1. The smallest absolute Gasteiger partial charge is 0.335 e. The Bertz CT molecular complexity index is 1910. The molecule has 0 bridgehead atoms. The fourth-order valence-electron chi connectivity index (χ4n) is 7.46. The van der Waals surface area contributed by atoms with E-state index in [1.807, 2.05) is 4.90 Å². The predicted octanol–water partition coefficient (Wildman–Crippen LogP) is 12.3. The van der Waals surface area contributed by atoms with E-state index in [9.17, 15) is 79.0 Å². The van der Waals surface area contributed by atoms with Gasteiger partial charge in [-0.15, -0.1) is 33.2 Å². The number of alkyl halides is 18. The maximum absolute atomic E-state index is 14.2. The van der Waals surface area contributed by atoms with Crippen LogP contribution in [0.1, 0.15) is 92.7 Å². The molecule has 0 heterocycles. The van der Waals surface area contributed by atoms with E-state index in [1.165, 1.54) is 58.2 Å². The third-order valence-electron chi connectivity index (χ3n) is 10.7. The van der Waals surface area contributed by atoms with Crippen molar-refractivity contribution < 1.29 is 83.9 Å². The average molecular weight is 1050 g/mol. The zero-order valence-corrected chi connectivity index (χ0v) is 38.2. The van der Waals surface area contributed by atoms with Gasteiger partial charge in [-0.2, -0.15) is 101 Å². The van der Waals surface area contributed by atoms with Crippen molar-refractivity contribution in [2.75, 3.05) is 19.6 Å². The number of benzene rings is 4. The summed E-state index contributed by atoms with van der Waals surface area (Å²) < 4.78 is 256. The Balaban J connectivity index is 0.000000771. The number of unbranched alkanes of at least 4 members (excludes halogenated alkanes) is 3. The molecule has 4 aromatic carbocycles. The molecule has 0 atom stereocenters. The molecule has 0 aliphatic rings. The van der Waals surface area contributed by atoms with Crippen molar-refractivity contribution >= 4 is 72.4 Å². The molecule has 0 spiro atoms. The maximum Gasteiger partial charge on any atom is 0.416 e. The Morgan fingerprint density at radius 2 is 0.606 bits per heavy atom. The van der Waals surface area contributed by atoms with E-state index in [2.05, 4.69) is 20.8 Å². The molecule has 0 fully saturated rings. The van der Waals surface area contributed by atoms with E-state index >= 15 is 0 Å². The zero-order chi connectivity index (χ0) is 50.5. The third kappa shape index (κ3) is 14.9. The van der Waals surface area contributed by atoms with Crippen molar-refractivity contribution in [3.63, 3.8) is 0 Å². The Kier molecular flexibility index (Phi) is 18.6. The van der Waals surface area contributed by atoms with E-state index in [4.69, 9.17) is 33.2 Å². The van der Waals surface area contributed by atoms with E-state index in [-0.39, 0.29) is 41.6 Å². The molecule has 24 heteroatoms. The number of quaternary nitrogens is 1. The van der Waals surface area contributed by atoms with Gasteiger partial charge in [0.15, 0.2) is 0 Å². The van der Waals surface area contributed by atoms with Crippen molar-refractivity contribution in [2.24, 2.45) is 0 Å². The molecular weight excluding hydrogens is 1010 g/mol. The van der Waals surface area contributed by atoms with Gasteiger partial charge in [0.2, 0.25) is 0 Å². The minimum Gasteiger partial charge on any atom is -0.335 e. The second-order valence-electron chi connectivity index (χ2n) is 15.6. The van der Waals surface area contributed by atoms with Crippen LogP contribution < -0.4 is 31.9 Å². The molecule has 368 valence electrons. The van der Waals surface area contributed by atoms with E-state index in [0.717, 1.165) is 12.1 Å². The highest BCUT2D eigenvalue weighted by Crippen LogP contribution is 2.39. The van der Waals surface area contributed by atoms with Gasteiger partial charge in [-0.05, 0) is 42.6 Å². The standard InChI is InChI=1S/C30H13BCl3F18Si.C12H27N/c32-53(33,34)24-3-1-20(2-4-24)31(21-8-14(25(35,36)37)5-15(9-21)26(38,39)40,22-10-16(27(41,42)43)6-17(11-22)28(44,45)46)23-12-18(29(47,48)49)7-19(13-23)30(50,51)52;1-4-7-10-13(11-8-5-2)12-9-6-3/h1-13H;4-12H2,1-3H3/q-1;/p+1. The first-order chi connectivity index (χ1) is 30.0. The summed E-state index contributed by atoms with van der Waals surface area (Å²) in [5, 5.41) is -0.281. The number of nitrogens with one attached hydrogen (secondary N) is 1. The van der Waals surface area contributed by atoms with Crippen LogP contribution in [-0.4, -0.2) is 31.8 Å². The van der Waals surface area contributed by atoms with Gasteiger partial charge < -0.3 is 4.90 Å². The van der Waals surface area contributed by atoms with Gasteiger partial charge in [0.1, 0.15) is 6.15 Å². The highest BCUT2D eigenvalue weighted by atomic mass is 35.8. The summed E-state index contributed by atoms with van der Waals surface area (Å²) in [6.07, 6.45) is -31.3. The predicted molar refractivity (Wildman–Crippen MR) is 223 cm³/mol. The molecule has 0 unspecified atom stereocenters. The van der Waals surface area contributed by atoms with Crippen LogP contribution in [0.4, 0.5) is 79.0 Å². The number of rotatable bonds is 14. The van der Waals surface area contributed by atoms with Crippen LogP contribution in [0.5, 0.6) is 0 Å². The summed E-state index contributed by atoms with van der Waals surface area (Å²) in [4.78, 5) is 1.84. The van der Waals surface area contributed by atoms with Crippen LogP contribution in [0.15, 0.2) is 78.9 Å². The summed E-state index contributed by atoms with van der Waals surface area (Å²) >= 11 is 17.8. The van der Waals surface area contributed by atoms with Gasteiger partial charge in [-0.25, -0.2) is 0 Å². The first-order valence-electron chi connectivity index (χ1n) is 20.1. The first-order valence-corrected chi connectivity index (χ1v) is 25.1. The molecular formula is C42H41BCl3F18NSi. The second-order valence-corrected chi connectivity index (χ2v) is 24.0. The molecule has 0 aromatic heterocycles. The topological polar surface area (TPSA) is 4.44 Å². The Labute approximate surface area is 383 Å². The van der Waals surface area contributed by atoms with Crippen LogP contribution in [0.25, 0.3) is 0 Å². The average Bonchev–Trinajstić information content (AvgIpc) is 3.19. The lowest BCUT2D eigenvalue weighted by atomic mass is 9.12. The molecule has 4 aromatic rings. The molecule has 0 saturated heterocycles. The Morgan fingerprint density at radius 3 is 0.788 bits per heavy atom. The van der Waals surface area contributed by atoms with Gasteiger partial charge in [0, 0.05) is 0 Å². The SMILES string of the molecule is CCCC[NH+](CCCC)CCCC.FC(F)(F)c1cc([B-](c2ccc([Si](Cl)(Cl)Cl)cc2)(c2cc(C(F)(F)F)cc(C(F)(F)F)c2)c2cc(C(F)(F)F)cc(C(F)(F)F)c2)cc(C(F)(F)F)c1. The van der Waals surface area contributed by atoms with Crippen LogP contribution in [0, 0.1) is 0 Å². The monoisotopic (exact) mass is 1050 g/mol. The van der Waals surface area contributed by atoms with Crippen molar-refractivity contribution in [3.8, 4) is 0 Å². The molecule has 66 heavy (non-hydrogen) atoms. The van der Waals surface area contributed by atoms with Gasteiger partial charge in [0.25, 0.3) is 0 Å². The molecule has 4 rings (SSSR count). The fraction of sp³-hybridized carbons (Fsp3) is 0.429. The zero-order valence-electron chi connectivity index (χ0n) is 34.9. The summed E-state index contributed by atoms with van der Waals surface area (Å²) in [6, 6.07) is -4.31. The highest BCUT2D eigenvalue weighted by molar-refractivity contribution is 7.69. The van der Waals surface area contributed by atoms with Gasteiger partial charge in [0.05, 0.1) is 53.0 Å². The van der Waals surface area contributed by atoms with Crippen LogP contribution in [0.3, 0.4) is 0 Å². The number of hydrogen-bond acceptors (Lipinski definition) is 0. The molecule has 0 amide bonds. The minimum atomic E-state index is -5.79. The number of halogens is 21. The Hall–Kier alpha value is -3.27. The highest BCUT2D eigenvalue weighted by Gasteiger charge is 2.45. The van der Waals surface area contributed by atoms with Gasteiger partial charge in [-0.1, -0.05) is 101 Å². The van der Waals surface area contributed by atoms with E-state index in [0.29, 0.717) is 12.1 Å². The van der Waals surface area contributed by atoms with Crippen LogP contribution >= 0.6 is 33.2 Å². The molecule has 0 aliphatic heterocycles. The molecule has 0 radical (unpaired) electrons. The summed E-state index contributed by atoms with van der Waals surface area (Å²) in [5.74, 6) is 0. The van der Waals surface area contributed by atoms with Crippen LogP contribution in [-0.2, 0) is 37.1 Å². The maximum atomic E-state index is 14.2. The summed E-state index contributed by atoms with van der Waals surface area (Å²) in [5.41, 5.74) is -19.4. The van der Waals surface area contributed by atoms with Crippen LogP contribution in [0.2, 0.25) is 0 Å². The van der Waals surface area contributed by atoms with Gasteiger partial charge in [-0.3, -0.25) is 0 Å². The van der Waals surface area contributed by atoms with Gasteiger partial charge >= 0.3 is 43.1 Å². The normalized spacial score (nSPS) is 13.5. The summed E-state index contributed by atoms with van der Waals surface area (Å²) in [7, 11) is 0. The van der Waals surface area contributed by atoms with E-state index < -0.39 is 123 Å². The van der Waals surface area contributed by atoms with Crippen molar-refractivity contribution in [3.05, 3.63) is 112 Å². The largest absolute Gasteiger partial charge is 0.416 e. The van der Waals surface area contributed by atoms with Crippen molar-refractivity contribution in [2.45, 2.75) is 96.4 Å². The lowest BCUT2D eigenvalue weighted by Gasteiger charge is -2.46. The molecule has 1 nitrogen and oxygen atoms in total. The molecule has 0 saturated carbocycles. The van der Waals surface area contributed by atoms with Crippen molar-refractivity contribution in [1.29, 1.82) is 0 Å². The number of hydrogen-bond donors (Lipinski definition) is 1. The Morgan fingerprint density at radius 1 is 0.379 bits per heavy atom.